The van der Waals surface area contributed by atoms with Gasteiger partial charge in [0.2, 0.25) is 0 Å². The smallest absolute Gasteiger partial charge is 0.116 e. The zero-order valence-electron chi connectivity index (χ0n) is 8.39. The molecule has 0 unspecified atom stereocenters. The summed E-state index contributed by atoms with van der Waals surface area (Å²) in [5, 5.41) is 0. The summed E-state index contributed by atoms with van der Waals surface area (Å²) < 4.78 is 0. The van der Waals surface area contributed by atoms with Crippen molar-refractivity contribution >= 4 is 7.26 Å². The molecule has 0 spiro atoms. The van der Waals surface area contributed by atoms with Crippen molar-refractivity contribution in [3.63, 3.8) is 0 Å². The van der Waals surface area contributed by atoms with Gasteiger partial charge in [-0.3, -0.25) is 0 Å². The van der Waals surface area contributed by atoms with Gasteiger partial charge in [-0.25, -0.2) is 0 Å². The fourth-order valence-corrected chi connectivity index (χ4v) is 3.19. The van der Waals surface area contributed by atoms with Gasteiger partial charge in [0, 0.05) is 7.26 Å². The molecule has 0 aromatic carbocycles. The third-order valence-electron chi connectivity index (χ3n) is 2.71. The van der Waals surface area contributed by atoms with Crippen molar-refractivity contribution in [3.05, 3.63) is 0 Å². The van der Waals surface area contributed by atoms with E-state index >= 15 is 0 Å². The zero-order valence-corrected chi connectivity index (χ0v) is 9.28. The fraction of sp³-hybridized carbons (Fsp3) is 0.800. The van der Waals surface area contributed by atoms with Crippen molar-refractivity contribution in [3.8, 4) is 12.3 Å². The first kappa shape index (κ1) is 11.0. The molecule has 0 aliphatic rings. The van der Waals surface area contributed by atoms with Crippen molar-refractivity contribution in [2.24, 2.45) is 0 Å². The van der Waals surface area contributed by atoms with Crippen molar-refractivity contribution < 1.29 is 0 Å². The van der Waals surface area contributed by atoms with Gasteiger partial charge in [-0.1, -0.05) is 12.8 Å². The summed E-state index contributed by atoms with van der Waals surface area (Å²) in [5.74, 6) is 2.92. The Morgan fingerprint density at radius 1 is 1.36 bits per heavy atom. The molecule has 0 saturated heterocycles. The quantitative estimate of drug-likeness (QED) is 0.452. The Kier molecular flexibility index (Phi) is 4.12. The fourth-order valence-electron chi connectivity index (χ4n) is 1.14. The van der Waals surface area contributed by atoms with Gasteiger partial charge in [0.15, 0.2) is 0 Å². The van der Waals surface area contributed by atoms with Gasteiger partial charge in [-0.05, 0) is 20.3 Å². The molecule has 0 fully saturated rings. The second-order valence-electron chi connectivity index (χ2n) is 3.81. The standard InChI is InChI=1S/C10H20P/c1-7-10(8-2)11(5,6)9(3)4/h1,9-10H,8H2,2-6H3/q+1/t10-/m1/s1. The van der Waals surface area contributed by atoms with E-state index in [9.17, 15) is 0 Å². The first-order valence-corrected chi connectivity index (χ1v) is 7.08. The number of hydrogen-bond acceptors (Lipinski definition) is 0. The lowest BCUT2D eigenvalue weighted by atomic mass is 10.3. The lowest BCUT2D eigenvalue weighted by Gasteiger charge is -2.27. The molecule has 0 rings (SSSR count). The summed E-state index contributed by atoms with van der Waals surface area (Å²) in [7, 11) is -0.861. The molecule has 0 N–H and O–H groups in total. The van der Waals surface area contributed by atoms with Crippen LogP contribution in [0.5, 0.6) is 0 Å². The van der Waals surface area contributed by atoms with Crippen LogP contribution in [-0.4, -0.2) is 24.6 Å². The summed E-state index contributed by atoms with van der Waals surface area (Å²) in [6.07, 6.45) is 6.62. The molecule has 0 saturated carbocycles. The highest BCUT2D eigenvalue weighted by molar-refractivity contribution is 7.76. The van der Waals surface area contributed by atoms with E-state index in [0.29, 0.717) is 5.66 Å². The van der Waals surface area contributed by atoms with E-state index in [4.69, 9.17) is 6.42 Å². The van der Waals surface area contributed by atoms with Crippen LogP contribution in [0, 0.1) is 12.3 Å². The zero-order chi connectivity index (χ0) is 9.07. The number of terminal acetylenes is 1. The highest BCUT2D eigenvalue weighted by atomic mass is 31.2. The van der Waals surface area contributed by atoms with Crippen molar-refractivity contribution in [1.82, 2.24) is 0 Å². The first-order valence-electron chi connectivity index (χ1n) is 4.26. The third-order valence-corrected chi connectivity index (χ3v) is 7.50. The van der Waals surface area contributed by atoms with Gasteiger partial charge in [-0.2, -0.15) is 0 Å². The maximum absolute atomic E-state index is 5.48. The maximum atomic E-state index is 5.48. The van der Waals surface area contributed by atoms with Gasteiger partial charge in [-0.15, -0.1) is 6.42 Å². The Morgan fingerprint density at radius 3 is 1.91 bits per heavy atom. The second kappa shape index (κ2) is 4.13. The van der Waals surface area contributed by atoms with Crippen molar-refractivity contribution in [1.29, 1.82) is 0 Å². The minimum Gasteiger partial charge on any atom is -0.116 e. The molecule has 0 radical (unpaired) electrons. The van der Waals surface area contributed by atoms with E-state index in [1.807, 2.05) is 0 Å². The summed E-state index contributed by atoms with van der Waals surface area (Å²) >= 11 is 0. The van der Waals surface area contributed by atoms with Crippen molar-refractivity contribution in [2.75, 3.05) is 13.3 Å². The Balaban J connectivity index is 4.40. The van der Waals surface area contributed by atoms with Crippen LogP contribution in [0.15, 0.2) is 0 Å². The molecule has 0 nitrogen and oxygen atoms in total. The molecule has 0 aromatic rings. The minimum atomic E-state index is -0.861. The summed E-state index contributed by atoms with van der Waals surface area (Å²) in [6, 6.07) is 0. The van der Waals surface area contributed by atoms with Crippen LogP contribution in [0.25, 0.3) is 0 Å². The molecule has 11 heavy (non-hydrogen) atoms. The molecular formula is C10H20P+. The second-order valence-corrected chi connectivity index (χ2v) is 8.73. The summed E-state index contributed by atoms with van der Waals surface area (Å²) in [5.41, 5.74) is 1.30. The Morgan fingerprint density at radius 2 is 1.82 bits per heavy atom. The predicted molar refractivity (Wildman–Crippen MR) is 56.8 cm³/mol. The number of hydrogen-bond donors (Lipinski definition) is 0. The predicted octanol–water partition coefficient (Wildman–Crippen LogP) is 3.08. The highest BCUT2D eigenvalue weighted by Gasteiger charge is 2.36. The van der Waals surface area contributed by atoms with Gasteiger partial charge in [0.1, 0.15) is 5.66 Å². The molecule has 64 valence electrons. The van der Waals surface area contributed by atoms with Gasteiger partial charge in [0.05, 0.1) is 19.0 Å². The Hall–Kier alpha value is -0.0100. The van der Waals surface area contributed by atoms with Crippen LogP contribution >= 0.6 is 7.26 Å². The minimum absolute atomic E-state index is 0.530. The molecule has 0 bridgehead atoms. The molecule has 0 heterocycles. The SMILES string of the molecule is C#C[C@H](CC)[P+](C)(C)C(C)C. The normalized spacial score (nSPS) is 14.6. The van der Waals surface area contributed by atoms with Gasteiger partial charge in [0.25, 0.3) is 0 Å². The van der Waals surface area contributed by atoms with Gasteiger partial charge >= 0.3 is 0 Å². The summed E-state index contributed by atoms with van der Waals surface area (Å²) in [4.78, 5) is 0. The molecule has 1 heteroatoms. The summed E-state index contributed by atoms with van der Waals surface area (Å²) in [6.45, 7) is 11.5. The van der Waals surface area contributed by atoms with Crippen molar-refractivity contribution in [2.45, 2.75) is 38.5 Å². The average Bonchev–Trinajstić information content (AvgIpc) is 1.89. The lowest BCUT2D eigenvalue weighted by molar-refractivity contribution is 0.944. The van der Waals surface area contributed by atoms with E-state index in [-0.39, 0.29) is 0 Å². The van der Waals surface area contributed by atoms with E-state index in [1.54, 1.807) is 0 Å². The van der Waals surface area contributed by atoms with Crippen LogP contribution in [-0.2, 0) is 0 Å². The van der Waals surface area contributed by atoms with E-state index < -0.39 is 7.26 Å². The number of rotatable bonds is 3. The Labute approximate surface area is 72.1 Å². The molecule has 0 amide bonds. The van der Waals surface area contributed by atoms with E-state index in [0.717, 1.165) is 12.1 Å². The van der Waals surface area contributed by atoms with Crippen LogP contribution in [0.4, 0.5) is 0 Å². The molecule has 0 aromatic heterocycles. The monoisotopic (exact) mass is 171 g/mol. The maximum Gasteiger partial charge on any atom is 0.128 e. The lowest BCUT2D eigenvalue weighted by Crippen LogP contribution is -2.16. The highest BCUT2D eigenvalue weighted by Crippen LogP contribution is 2.60. The third kappa shape index (κ3) is 2.49. The van der Waals surface area contributed by atoms with E-state index in [2.05, 4.69) is 40.0 Å². The molecule has 0 aliphatic carbocycles. The van der Waals surface area contributed by atoms with E-state index in [1.165, 1.54) is 0 Å². The van der Waals surface area contributed by atoms with Crippen LogP contribution in [0.3, 0.4) is 0 Å². The van der Waals surface area contributed by atoms with Crippen LogP contribution in [0.2, 0.25) is 0 Å². The largest absolute Gasteiger partial charge is 0.128 e. The molecular weight excluding hydrogens is 151 g/mol. The average molecular weight is 171 g/mol. The first-order chi connectivity index (χ1) is 4.96. The molecule has 0 aliphatic heterocycles. The van der Waals surface area contributed by atoms with Crippen LogP contribution < -0.4 is 0 Å². The Bertz CT molecular complexity index is 151. The molecule has 1 atom stereocenters. The van der Waals surface area contributed by atoms with Crippen LogP contribution in [0.1, 0.15) is 27.2 Å². The topological polar surface area (TPSA) is 0 Å². The van der Waals surface area contributed by atoms with Gasteiger partial charge < -0.3 is 0 Å².